The number of hydrogen-bond donors (Lipinski definition) is 2. The van der Waals surface area contributed by atoms with Gasteiger partial charge in [-0.15, -0.1) is 0 Å². The molecule has 0 saturated carbocycles. The first-order chi connectivity index (χ1) is 10.9. The molecule has 0 aliphatic rings. The number of carbonyl (C=O) groups is 1. The summed E-state index contributed by atoms with van der Waals surface area (Å²) in [7, 11) is 0. The second-order valence-corrected chi connectivity index (χ2v) is 5.84. The van der Waals surface area contributed by atoms with E-state index >= 15 is 0 Å². The van der Waals surface area contributed by atoms with Crippen LogP contribution < -0.4 is 15.4 Å². The standard InChI is InChI=1S/C15H13Cl2N3O2S/c1-9-6-10(16)2-4-12(9)22-8-14(21)20-15(23)19-13-5-3-11(17)7-18-13/h2-7H,8H2,1H3,(H2,18,19,20,21,23). The third-order valence-corrected chi connectivity index (χ3v) is 3.38. The third kappa shape index (κ3) is 5.67. The second kappa shape index (κ2) is 8.10. The largest absolute Gasteiger partial charge is 0.483 e. The van der Waals surface area contributed by atoms with Crippen LogP contribution in [-0.4, -0.2) is 22.6 Å². The van der Waals surface area contributed by atoms with Crippen molar-refractivity contribution in [2.24, 2.45) is 0 Å². The van der Waals surface area contributed by atoms with Crippen molar-refractivity contribution in [3.05, 3.63) is 52.1 Å². The monoisotopic (exact) mass is 369 g/mol. The Hall–Kier alpha value is -1.89. The zero-order valence-corrected chi connectivity index (χ0v) is 14.4. The van der Waals surface area contributed by atoms with Gasteiger partial charge in [-0.2, -0.15) is 0 Å². The minimum absolute atomic E-state index is 0.126. The van der Waals surface area contributed by atoms with Gasteiger partial charge in [0, 0.05) is 11.2 Å². The van der Waals surface area contributed by atoms with Gasteiger partial charge in [0.05, 0.1) is 5.02 Å². The van der Waals surface area contributed by atoms with E-state index in [1.807, 2.05) is 6.92 Å². The number of pyridine rings is 1. The number of nitrogens with one attached hydrogen (secondary N) is 2. The zero-order chi connectivity index (χ0) is 16.8. The van der Waals surface area contributed by atoms with Gasteiger partial charge in [0.2, 0.25) is 0 Å². The zero-order valence-electron chi connectivity index (χ0n) is 12.1. The highest BCUT2D eigenvalue weighted by atomic mass is 35.5. The van der Waals surface area contributed by atoms with Crippen molar-refractivity contribution >= 4 is 52.3 Å². The van der Waals surface area contributed by atoms with Crippen molar-refractivity contribution < 1.29 is 9.53 Å². The smallest absolute Gasteiger partial charge is 0.264 e. The van der Waals surface area contributed by atoms with Crippen LogP contribution in [0.4, 0.5) is 5.82 Å². The summed E-state index contributed by atoms with van der Waals surface area (Å²) >= 11 is 16.6. The molecule has 0 spiro atoms. The van der Waals surface area contributed by atoms with Gasteiger partial charge in [0.15, 0.2) is 11.7 Å². The van der Waals surface area contributed by atoms with Crippen molar-refractivity contribution in [1.82, 2.24) is 10.3 Å². The first-order valence-electron chi connectivity index (χ1n) is 6.55. The van der Waals surface area contributed by atoms with E-state index in [2.05, 4.69) is 15.6 Å². The highest BCUT2D eigenvalue weighted by Gasteiger charge is 2.08. The van der Waals surface area contributed by atoms with E-state index < -0.39 is 0 Å². The van der Waals surface area contributed by atoms with Gasteiger partial charge in [-0.05, 0) is 55.0 Å². The summed E-state index contributed by atoms with van der Waals surface area (Å²) in [5.74, 6) is 0.683. The lowest BCUT2D eigenvalue weighted by atomic mass is 10.2. The van der Waals surface area contributed by atoms with Gasteiger partial charge in [-0.1, -0.05) is 23.2 Å². The fourth-order valence-electron chi connectivity index (χ4n) is 1.68. The fraction of sp³-hybridized carbons (Fsp3) is 0.133. The Morgan fingerprint density at radius 3 is 2.65 bits per heavy atom. The van der Waals surface area contributed by atoms with Crippen LogP contribution in [0.15, 0.2) is 36.5 Å². The summed E-state index contributed by atoms with van der Waals surface area (Å²) in [6, 6.07) is 8.47. The number of benzene rings is 1. The van der Waals surface area contributed by atoms with E-state index in [9.17, 15) is 4.79 Å². The molecule has 1 amide bonds. The maximum atomic E-state index is 11.8. The number of anilines is 1. The molecule has 120 valence electrons. The average molecular weight is 370 g/mol. The predicted octanol–water partition coefficient (Wildman–Crippen LogP) is 3.59. The van der Waals surface area contributed by atoms with Gasteiger partial charge in [-0.3, -0.25) is 10.1 Å². The van der Waals surface area contributed by atoms with Crippen LogP contribution in [0.3, 0.4) is 0 Å². The number of rotatable bonds is 4. The summed E-state index contributed by atoms with van der Waals surface area (Å²) in [6.45, 7) is 1.68. The number of amides is 1. The maximum Gasteiger partial charge on any atom is 0.264 e. The van der Waals surface area contributed by atoms with Crippen LogP contribution in [-0.2, 0) is 4.79 Å². The second-order valence-electron chi connectivity index (χ2n) is 4.56. The Morgan fingerprint density at radius 1 is 1.26 bits per heavy atom. The van der Waals surface area contributed by atoms with E-state index in [4.69, 9.17) is 40.2 Å². The Balaban J connectivity index is 1.82. The minimum Gasteiger partial charge on any atom is -0.483 e. The van der Waals surface area contributed by atoms with Crippen molar-refractivity contribution in [3.63, 3.8) is 0 Å². The first-order valence-corrected chi connectivity index (χ1v) is 7.72. The molecule has 0 bridgehead atoms. The van der Waals surface area contributed by atoms with E-state index in [1.54, 1.807) is 30.3 Å². The van der Waals surface area contributed by atoms with E-state index in [0.29, 0.717) is 21.6 Å². The molecule has 1 heterocycles. The number of ether oxygens (including phenoxy) is 1. The molecule has 2 rings (SSSR count). The Labute approximate surface area is 149 Å². The molecule has 8 heteroatoms. The highest BCUT2D eigenvalue weighted by molar-refractivity contribution is 7.80. The first kappa shape index (κ1) is 17.5. The molecule has 0 atom stereocenters. The third-order valence-electron chi connectivity index (χ3n) is 2.72. The van der Waals surface area contributed by atoms with Crippen molar-refractivity contribution in [3.8, 4) is 5.75 Å². The average Bonchev–Trinajstić information content (AvgIpc) is 2.48. The molecular weight excluding hydrogens is 357 g/mol. The summed E-state index contributed by atoms with van der Waals surface area (Å²) in [5, 5.41) is 6.52. The lowest BCUT2D eigenvalue weighted by Gasteiger charge is -2.11. The fourth-order valence-corrected chi connectivity index (χ4v) is 2.23. The van der Waals surface area contributed by atoms with Gasteiger partial charge in [0.1, 0.15) is 11.6 Å². The predicted molar refractivity (Wildman–Crippen MR) is 95.3 cm³/mol. The lowest BCUT2D eigenvalue weighted by molar-refractivity contribution is -0.121. The molecule has 0 fully saturated rings. The summed E-state index contributed by atoms with van der Waals surface area (Å²) < 4.78 is 5.43. The molecule has 2 aromatic rings. The Bertz CT molecular complexity index is 723. The molecule has 0 saturated heterocycles. The number of aryl methyl sites for hydroxylation is 1. The maximum absolute atomic E-state index is 11.8. The summed E-state index contributed by atoms with van der Waals surface area (Å²) in [6.07, 6.45) is 1.47. The molecule has 23 heavy (non-hydrogen) atoms. The summed E-state index contributed by atoms with van der Waals surface area (Å²) in [5.41, 5.74) is 0.844. The quantitative estimate of drug-likeness (QED) is 0.806. The topological polar surface area (TPSA) is 63.2 Å². The van der Waals surface area contributed by atoms with Crippen LogP contribution >= 0.6 is 35.4 Å². The number of thiocarbonyl (C=S) groups is 1. The van der Waals surface area contributed by atoms with Gasteiger partial charge in [0.25, 0.3) is 5.91 Å². The molecule has 0 unspecified atom stereocenters. The number of halogens is 2. The van der Waals surface area contributed by atoms with Crippen LogP contribution in [0.2, 0.25) is 10.0 Å². The van der Waals surface area contributed by atoms with Crippen LogP contribution in [0.1, 0.15) is 5.56 Å². The molecule has 0 aliphatic carbocycles. The van der Waals surface area contributed by atoms with Gasteiger partial charge in [-0.25, -0.2) is 4.98 Å². The molecule has 1 aromatic heterocycles. The normalized spacial score (nSPS) is 10.0. The van der Waals surface area contributed by atoms with Crippen LogP contribution in [0.25, 0.3) is 0 Å². The van der Waals surface area contributed by atoms with Gasteiger partial charge < -0.3 is 10.1 Å². The van der Waals surface area contributed by atoms with E-state index in [1.165, 1.54) is 6.20 Å². The van der Waals surface area contributed by atoms with Gasteiger partial charge >= 0.3 is 0 Å². The van der Waals surface area contributed by atoms with E-state index in [-0.39, 0.29) is 17.6 Å². The highest BCUT2D eigenvalue weighted by Crippen LogP contribution is 2.21. The van der Waals surface area contributed by atoms with Crippen LogP contribution in [0, 0.1) is 6.92 Å². The molecule has 5 nitrogen and oxygen atoms in total. The van der Waals surface area contributed by atoms with E-state index in [0.717, 1.165) is 5.56 Å². The minimum atomic E-state index is -0.384. The van der Waals surface area contributed by atoms with Crippen molar-refractivity contribution in [2.45, 2.75) is 6.92 Å². The number of hydrogen-bond acceptors (Lipinski definition) is 4. The molecule has 0 radical (unpaired) electrons. The Morgan fingerprint density at radius 2 is 2.00 bits per heavy atom. The molecule has 1 aromatic carbocycles. The number of aromatic nitrogens is 1. The van der Waals surface area contributed by atoms with Crippen LogP contribution in [0.5, 0.6) is 5.75 Å². The molecule has 0 aliphatic heterocycles. The summed E-state index contributed by atoms with van der Waals surface area (Å²) in [4.78, 5) is 15.8. The Kier molecular flexibility index (Phi) is 6.15. The number of carbonyl (C=O) groups excluding carboxylic acids is 1. The van der Waals surface area contributed by atoms with Crippen molar-refractivity contribution in [1.29, 1.82) is 0 Å². The SMILES string of the molecule is Cc1cc(Cl)ccc1OCC(=O)NC(=S)Nc1ccc(Cl)cn1. The molecule has 2 N–H and O–H groups in total. The molecular formula is C15H13Cl2N3O2S. The van der Waals surface area contributed by atoms with Crippen molar-refractivity contribution in [2.75, 3.05) is 11.9 Å². The lowest BCUT2D eigenvalue weighted by Crippen LogP contribution is -2.37. The number of nitrogens with zero attached hydrogens (tertiary/aromatic N) is 1.